The van der Waals surface area contributed by atoms with Crippen LogP contribution >= 0.6 is 11.6 Å². The van der Waals surface area contributed by atoms with Crippen LogP contribution < -0.4 is 11.1 Å². The van der Waals surface area contributed by atoms with Gasteiger partial charge in [0.2, 0.25) is 0 Å². The number of nitrogens with two attached hydrogens (primary N) is 1. The zero-order chi connectivity index (χ0) is 20.2. The fraction of sp³-hybridized carbons (Fsp3) is 0.130. The lowest BCUT2D eigenvalue weighted by molar-refractivity contribution is 0.144. The van der Waals surface area contributed by atoms with Gasteiger partial charge in [-0.25, -0.2) is 9.78 Å². The van der Waals surface area contributed by atoms with Gasteiger partial charge < -0.3 is 15.8 Å². The molecule has 1 aliphatic carbocycles. The number of amides is 1. The summed E-state index contributed by atoms with van der Waals surface area (Å²) in [5, 5.41) is 2.90. The van der Waals surface area contributed by atoms with E-state index in [1.807, 2.05) is 24.3 Å². The zero-order valence-electron chi connectivity index (χ0n) is 15.5. The van der Waals surface area contributed by atoms with Crippen molar-refractivity contribution in [3.63, 3.8) is 0 Å². The molecular weight excluding hydrogens is 386 g/mol. The van der Waals surface area contributed by atoms with Crippen LogP contribution in [0.1, 0.15) is 22.6 Å². The van der Waals surface area contributed by atoms with Gasteiger partial charge >= 0.3 is 6.09 Å². The van der Waals surface area contributed by atoms with Crippen molar-refractivity contribution >= 4 is 23.4 Å². The number of rotatable bonds is 3. The van der Waals surface area contributed by atoms with Gasteiger partial charge in [-0.05, 0) is 28.3 Å². The number of nitrogens with zero attached hydrogens (tertiary/aromatic N) is 1. The summed E-state index contributed by atoms with van der Waals surface area (Å²) in [7, 11) is 0. The average molecular weight is 404 g/mol. The maximum atomic E-state index is 12.1. The van der Waals surface area contributed by atoms with Gasteiger partial charge in [0.15, 0.2) is 0 Å². The van der Waals surface area contributed by atoms with Crippen molar-refractivity contribution < 1.29 is 9.53 Å². The van der Waals surface area contributed by atoms with E-state index in [1.54, 1.807) is 6.07 Å². The van der Waals surface area contributed by atoms with Crippen molar-refractivity contribution in [2.45, 2.75) is 5.92 Å². The van der Waals surface area contributed by atoms with Gasteiger partial charge in [-0.2, -0.15) is 0 Å². The molecule has 1 heterocycles. The minimum absolute atomic E-state index is 0.0245. The molecule has 0 atom stereocenters. The highest BCUT2D eigenvalue weighted by Gasteiger charge is 2.28. The Morgan fingerprint density at radius 2 is 1.79 bits per heavy atom. The Bertz CT molecular complexity index is 1090. The molecule has 144 valence electrons. The van der Waals surface area contributed by atoms with Gasteiger partial charge in [0.05, 0.1) is 24.0 Å². The molecule has 0 aliphatic heterocycles. The van der Waals surface area contributed by atoms with E-state index >= 15 is 0 Å². The first-order valence-electron chi connectivity index (χ1n) is 9.12. The number of carbonyl (C=O) groups excluding carboxylic acids is 1. The number of nitrogens with one attached hydrogen (secondary N) is 1. The molecule has 0 fully saturated rings. The summed E-state index contributed by atoms with van der Waals surface area (Å²) in [4.78, 5) is 16.0. The van der Waals surface area contributed by atoms with Crippen molar-refractivity contribution in [3.05, 3.63) is 82.6 Å². The number of aromatic nitrogens is 1. The van der Waals surface area contributed by atoms with Crippen LogP contribution in [-0.4, -0.2) is 24.2 Å². The summed E-state index contributed by atoms with van der Waals surface area (Å²) >= 11 is 5.96. The predicted octanol–water partition coefficient (Wildman–Crippen LogP) is 4.21. The Morgan fingerprint density at radius 3 is 2.48 bits per heavy atom. The van der Waals surface area contributed by atoms with E-state index in [0.717, 1.165) is 0 Å². The van der Waals surface area contributed by atoms with Crippen LogP contribution in [0.15, 0.2) is 60.8 Å². The van der Waals surface area contributed by atoms with E-state index in [0.29, 0.717) is 11.3 Å². The molecule has 6 heteroatoms. The quantitative estimate of drug-likeness (QED) is 0.507. The third-order valence-corrected chi connectivity index (χ3v) is 5.05. The first-order chi connectivity index (χ1) is 14.1. The summed E-state index contributed by atoms with van der Waals surface area (Å²) in [6.45, 7) is 0.389. The van der Waals surface area contributed by atoms with E-state index in [2.05, 4.69) is 46.4 Å². The summed E-state index contributed by atoms with van der Waals surface area (Å²) in [6.07, 6.45) is 0.945. The van der Waals surface area contributed by atoms with E-state index in [4.69, 9.17) is 22.1 Å². The zero-order valence-corrected chi connectivity index (χ0v) is 16.2. The summed E-state index contributed by atoms with van der Waals surface area (Å²) in [5.41, 5.74) is 11.4. The maximum Gasteiger partial charge on any atom is 0.407 e. The van der Waals surface area contributed by atoms with Crippen molar-refractivity contribution in [2.24, 2.45) is 0 Å². The monoisotopic (exact) mass is 403 g/mol. The van der Waals surface area contributed by atoms with Crippen molar-refractivity contribution in [3.8, 4) is 23.0 Å². The number of pyridine rings is 1. The van der Waals surface area contributed by atoms with E-state index in [9.17, 15) is 4.79 Å². The maximum absolute atomic E-state index is 12.1. The minimum Gasteiger partial charge on any atom is -0.449 e. The van der Waals surface area contributed by atoms with Crippen molar-refractivity contribution in [1.82, 2.24) is 10.3 Å². The number of nitrogen functional groups attached to an aromatic ring is 1. The summed E-state index contributed by atoms with van der Waals surface area (Å²) in [5.74, 6) is 5.68. The Labute approximate surface area is 173 Å². The Balaban J connectivity index is 1.36. The molecule has 5 nitrogen and oxygen atoms in total. The molecule has 4 rings (SSSR count). The van der Waals surface area contributed by atoms with Gasteiger partial charge in [-0.1, -0.05) is 72.0 Å². The lowest BCUT2D eigenvalue weighted by atomic mass is 9.98. The van der Waals surface area contributed by atoms with Crippen LogP contribution in [-0.2, 0) is 4.74 Å². The number of carbonyl (C=O) groups is 1. The molecule has 2 aromatic carbocycles. The summed E-state index contributed by atoms with van der Waals surface area (Å²) in [6, 6.07) is 18.0. The molecule has 0 radical (unpaired) electrons. The number of anilines is 1. The second-order valence-electron chi connectivity index (χ2n) is 6.59. The van der Waals surface area contributed by atoms with Gasteiger partial charge in [0.25, 0.3) is 0 Å². The highest BCUT2D eigenvalue weighted by Crippen LogP contribution is 2.44. The van der Waals surface area contributed by atoms with Crippen LogP contribution in [0.25, 0.3) is 11.1 Å². The molecule has 0 spiro atoms. The molecule has 0 saturated carbocycles. The van der Waals surface area contributed by atoms with Gasteiger partial charge in [0.1, 0.15) is 11.8 Å². The number of alkyl carbamates (subject to hydrolysis) is 1. The molecule has 0 unspecified atom stereocenters. The highest BCUT2D eigenvalue weighted by molar-refractivity contribution is 6.30. The van der Waals surface area contributed by atoms with Crippen LogP contribution in [0.2, 0.25) is 5.15 Å². The fourth-order valence-electron chi connectivity index (χ4n) is 3.46. The van der Waals surface area contributed by atoms with Crippen molar-refractivity contribution in [2.75, 3.05) is 18.9 Å². The SMILES string of the molecule is Nc1cnc(Cl)c(C#CCNC(=O)OCC2c3ccccc3-c3ccccc32)c1. The van der Waals surface area contributed by atoms with Gasteiger partial charge in [-0.15, -0.1) is 0 Å². The fourth-order valence-corrected chi connectivity index (χ4v) is 3.61. The second kappa shape index (κ2) is 8.26. The molecule has 1 aromatic heterocycles. The molecule has 1 amide bonds. The first kappa shape index (κ1) is 18.9. The average Bonchev–Trinajstić information content (AvgIpc) is 3.06. The number of fused-ring (bicyclic) bond motifs is 3. The Morgan fingerprint density at radius 1 is 1.14 bits per heavy atom. The van der Waals surface area contributed by atoms with Crippen LogP contribution in [0.3, 0.4) is 0 Å². The standard InChI is InChI=1S/C23H18ClN3O2/c24-22-15(12-16(25)13-27-22)6-5-11-26-23(28)29-14-21-19-9-3-1-7-17(19)18-8-2-4-10-20(18)21/h1-4,7-10,12-13,21H,11,14,25H2,(H,26,28). The molecule has 1 aliphatic rings. The van der Waals surface area contributed by atoms with E-state index < -0.39 is 6.09 Å². The van der Waals surface area contributed by atoms with E-state index in [-0.39, 0.29) is 24.2 Å². The predicted molar refractivity (Wildman–Crippen MR) is 114 cm³/mol. The van der Waals surface area contributed by atoms with Crippen LogP contribution in [0.5, 0.6) is 0 Å². The number of hydrogen-bond donors (Lipinski definition) is 2. The molecular formula is C23H18ClN3O2. The highest BCUT2D eigenvalue weighted by atomic mass is 35.5. The molecule has 0 saturated heterocycles. The Hall–Kier alpha value is -3.49. The van der Waals surface area contributed by atoms with Crippen LogP contribution in [0.4, 0.5) is 10.5 Å². The molecule has 3 N–H and O–H groups in total. The van der Waals surface area contributed by atoms with Crippen molar-refractivity contribution in [1.29, 1.82) is 0 Å². The third kappa shape index (κ3) is 4.03. The van der Waals surface area contributed by atoms with Crippen LogP contribution in [0, 0.1) is 11.8 Å². The second-order valence-corrected chi connectivity index (χ2v) is 6.95. The largest absolute Gasteiger partial charge is 0.449 e. The molecule has 29 heavy (non-hydrogen) atoms. The molecule has 3 aromatic rings. The minimum atomic E-state index is -0.516. The lowest BCUT2D eigenvalue weighted by Crippen LogP contribution is -2.26. The topological polar surface area (TPSA) is 77.2 Å². The lowest BCUT2D eigenvalue weighted by Gasteiger charge is -2.14. The van der Waals surface area contributed by atoms with Gasteiger partial charge in [-0.3, -0.25) is 0 Å². The van der Waals surface area contributed by atoms with Gasteiger partial charge in [0, 0.05) is 5.92 Å². The Kier molecular flexibility index (Phi) is 5.37. The number of hydrogen-bond acceptors (Lipinski definition) is 4. The smallest absolute Gasteiger partial charge is 0.407 e. The number of benzene rings is 2. The van der Waals surface area contributed by atoms with E-state index in [1.165, 1.54) is 28.5 Å². The normalized spacial score (nSPS) is 11.8. The summed E-state index contributed by atoms with van der Waals surface area (Å²) < 4.78 is 5.46. The number of ether oxygens (including phenoxy) is 1. The molecule has 0 bridgehead atoms. The third-order valence-electron chi connectivity index (χ3n) is 4.75. The first-order valence-corrected chi connectivity index (χ1v) is 9.50. The number of halogens is 1.